The molecule has 0 saturated carbocycles. The van der Waals surface area contributed by atoms with Crippen LogP contribution in [-0.4, -0.2) is 52.7 Å². The van der Waals surface area contributed by atoms with Crippen LogP contribution in [0.1, 0.15) is 57.1 Å². The second-order valence-corrected chi connectivity index (χ2v) is 11.4. The van der Waals surface area contributed by atoms with Crippen LogP contribution >= 0.6 is 11.3 Å². The van der Waals surface area contributed by atoms with Crippen molar-refractivity contribution in [1.82, 2.24) is 15.2 Å². The summed E-state index contributed by atoms with van der Waals surface area (Å²) in [4.78, 5) is 32.9. The van der Waals surface area contributed by atoms with E-state index >= 15 is 0 Å². The standard InChI is InChI=1S/C27H35N5O4S/c1-16(2)35-19-10-8-17(9-11-19)30-20-12-13-29-25-21(20)22(28)23(37-25)24(33)31-18-7-6-14-32(15-18)26(34)36-27(3,4)5/h8-13,16,18H,6-7,14-15,28H2,1-5H3,(H,29,30)(H,31,33). The van der Waals surface area contributed by atoms with E-state index in [4.69, 9.17) is 15.2 Å². The molecule has 0 spiro atoms. The van der Waals surface area contributed by atoms with Crippen molar-refractivity contribution in [3.63, 3.8) is 0 Å². The van der Waals surface area contributed by atoms with Gasteiger partial charge in [0.1, 0.15) is 21.1 Å². The Labute approximate surface area is 221 Å². The summed E-state index contributed by atoms with van der Waals surface area (Å²) in [6.07, 6.45) is 2.98. The molecule has 4 N–H and O–H groups in total. The average molecular weight is 526 g/mol. The van der Waals surface area contributed by atoms with Crippen molar-refractivity contribution in [1.29, 1.82) is 0 Å². The Bertz CT molecular complexity index is 1270. The molecule has 1 fully saturated rings. The number of carbonyl (C=O) groups is 2. The molecule has 198 valence electrons. The minimum atomic E-state index is -0.568. The Morgan fingerprint density at radius 1 is 1.19 bits per heavy atom. The minimum absolute atomic E-state index is 0.0998. The molecule has 37 heavy (non-hydrogen) atoms. The third-order valence-electron chi connectivity index (χ3n) is 5.75. The van der Waals surface area contributed by atoms with Gasteiger partial charge in [-0.1, -0.05) is 0 Å². The number of hydrogen-bond donors (Lipinski definition) is 3. The van der Waals surface area contributed by atoms with E-state index in [0.29, 0.717) is 33.9 Å². The number of likely N-dealkylation sites (tertiary alicyclic amines) is 1. The van der Waals surface area contributed by atoms with Crippen LogP contribution in [0.5, 0.6) is 5.75 Å². The van der Waals surface area contributed by atoms with Gasteiger partial charge in [-0.2, -0.15) is 0 Å². The summed E-state index contributed by atoms with van der Waals surface area (Å²) in [5, 5.41) is 7.14. The predicted molar refractivity (Wildman–Crippen MR) is 148 cm³/mol. The number of piperidine rings is 1. The van der Waals surface area contributed by atoms with Crippen LogP contribution in [0.2, 0.25) is 0 Å². The quantitative estimate of drug-likeness (QED) is 0.387. The van der Waals surface area contributed by atoms with Crippen molar-refractivity contribution in [2.75, 3.05) is 24.1 Å². The van der Waals surface area contributed by atoms with E-state index in [0.717, 1.165) is 30.0 Å². The molecular weight excluding hydrogens is 490 g/mol. The zero-order chi connectivity index (χ0) is 26.7. The van der Waals surface area contributed by atoms with Gasteiger partial charge in [0, 0.05) is 31.0 Å². The van der Waals surface area contributed by atoms with Crippen LogP contribution in [0.25, 0.3) is 10.2 Å². The van der Waals surface area contributed by atoms with Crippen molar-refractivity contribution < 1.29 is 19.1 Å². The number of amides is 2. The molecule has 1 unspecified atom stereocenters. The number of carbonyl (C=O) groups excluding carboxylic acids is 2. The van der Waals surface area contributed by atoms with Crippen molar-refractivity contribution >= 4 is 50.6 Å². The zero-order valence-corrected chi connectivity index (χ0v) is 22.8. The van der Waals surface area contributed by atoms with Crippen LogP contribution in [0, 0.1) is 0 Å². The molecule has 9 nitrogen and oxygen atoms in total. The van der Waals surface area contributed by atoms with E-state index in [-0.39, 0.29) is 24.1 Å². The second kappa shape index (κ2) is 10.8. The normalized spacial score (nSPS) is 16.1. The van der Waals surface area contributed by atoms with Gasteiger partial charge in [0.15, 0.2) is 0 Å². The lowest BCUT2D eigenvalue weighted by atomic mass is 10.1. The van der Waals surface area contributed by atoms with E-state index in [1.807, 2.05) is 65.0 Å². The van der Waals surface area contributed by atoms with E-state index in [1.54, 1.807) is 11.1 Å². The monoisotopic (exact) mass is 525 g/mol. The highest BCUT2D eigenvalue weighted by molar-refractivity contribution is 7.21. The minimum Gasteiger partial charge on any atom is -0.491 e. The maximum absolute atomic E-state index is 13.2. The molecule has 1 atom stereocenters. The highest BCUT2D eigenvalue weighted by atomic mass is 32.1. The summed E-state index contributed by atoms with van der Waals surface area (Å²) in [5.74, 6) is 0.528. The molecule has 2 aromatic heterocycles. The molecule has 1 aromatic carbocycles. The number of anilines is 3. The first kappa shape index (κ1) is 26.5. The van der Waals surface area contributed by atoms with Gasteiger partial charge >= 0.3 is 6.09 Å². The van der Waals surface area contributed by atoms with Gasteiger partial charge in [0.05, 0.1) is 22.9 Å². The third-order valence-corrected chi connectivity index (χ3v) is 6.86. The Balaban J connectivity index is 1.48. The Morgan fingerprint density at radius 3 is 2.59 bits per heavy atom. The summed E-state index contributed by atoms with van der Waals surface area (Å²) < 4.78 is 11.2. The molecule has 0 radical (unpaired) electrons. The topological polar surface area (TPSA) is 119 Å². The Hall–Kier alpha value is -3.53. The molecule has 0 bridgehead atoms. The van der Waals surface area contributed by atoms with Gasteiger partial charge < -0.3 is 30.7 Å². The molecule has 1 aliphatic heterocycles. The lowest BCUT2D eigenvalue weighted by Gasteiger charge is -2.34. The number of thiophene rings is 1. The van der Waals surface area contributed by atoms with E-state index in [1.165, 1.54) is 11.3 Å². The van der Waals surface area contributed by atoms with Gasteiger partial charge in [-0.15, -0.1) is 11.3 Å². The van der Waals surface area contributed by atoms with Gasteiger partial charge in [-0.05, 0) is 77.8 Å². The zero-order valence-electron chi connectivity index (χ0n) is 22.0. The fraction of sp³-hybridized carbons (Fsp3) is 0.444. The van der Waals surface area contributed by atoms with Crippen molar-refractivity contribution in [2.24, 2.45) is 0 Å². The molecule has 4 rings (SSSR count). The van der Waals surface area contributed by atoms with Gasteiger partial charge in [0.2, 0.25) is 0 Å². The van der Waals surface area contributed by atoms with Crippen LogP contribution in [0.3, 0.4) is 0 Å². The summed E-state index contributed by atoms with van der Waals surface area (Å²) in [5.41, 5.74) is 7.94. The molecule has 1 saturated heterocycles. The molecule has 3 aromatic rings. The molecule has 2 amide bonds. The largest absolute Gasteiger partial charge is 0.491 e. The number of hydrogen-bond acceptors (Lipinski definition) is 8. The highest BCUT2D eigenvalue weighted by Crippen LogP contribution is 2.38. The number of benzene rings is 1. The van der Waals surface area contributed by atoms with Crippen LogP contribution in [0.4, 0.5) is 21.9 Å². The fourth-order valence-electron chi connectivity index (χ4n) is 4.20. The van der Waals surface area contributed by atoms with Crippen LogP contribution < -0.4 is 21.1 Å². The van der Waals surface area contributed by atoms with Crippen LogP contribution in [-0.2, 0) is 4.74 Å². The van der Waals surface area contributed by atoms with E-state index < -0.39 is 5.60 Å². The number of nitrogens with zero attached hydrogens (tertiary/aromatic N) is 2. The number of nitrogen functional groups attached to an aromatic ring is 1. The van der Waals surface area contributed by atoms with Crippen molar-refractivity contribution in [2.45, 2.75) is 65.2 Å². The number of aromatic nitrogens is 1. The number of rotatable bonds is 6. The maximum Gasteiger partial charge on any atom is 0.410 e. The smallest absolute Gasteiger partial charge is 0.410 e. The number of pyridine rings is 1. The summed E-state index contributed by atoms with van der Waals surface area (Å²) in [6, 6.07) is 9.32. The van der Waals surface area contributed by atoms with Gasteiger partial charge in [-0.3, -0.25) is 4.79 Å². The van der Waals surface area contributed by atoms with E-state index in [9.17, 15) is 9.59 Å². The summed E-state index contributed by atoms with van der Waals surface area (Å²) in [6.45, 7) is 10.5. The van der Waals surface area contributed by atoms with Gasteiger partial charge in [0.25, 0.3) is 5.91 Å². The number of ether oxygens (including phenoxy) is 2. The molecule has 3 heterocycles. The maximum atomic E-state index is 13.2. The average Bonchev–Trinajstić information content (AvgIpc) is 3.17. The Morgan fingerprint density at radius 2 is 1.92 bits per heavy atom. The number of nitrogens with one attached hydrogen (secondary N) is 2. The second-order valence-electron chi connectivity index (χ2n) is 10.4. The van der Waals surface area contributed by atoms with E-state index in [2.05, 4.69) is 15.6 Å². The first-order valence-corrected chi connectivity index (χ1v) is 13.3. The molecule has 0 aliphatic carbocycles. The van der Waals surface area contributed by atoms with Crippen LogP contribution in [0.15, 0.2) is 36.5 Å². The predicted octanol–water partition coefficient (Wildman–Crippen LogP) is 5.54. The Kier molecular flexibility index (Phi) is 7.77. The lowest BCUT2D eigenvalue weighted by molar-refractivity contribution is 0.0186. The van der Waals surface area contributed by atoms with Crippen molar-refractivity contribution in [3.8, 4) is 5.75 Å². The molecular formula is C27H35N5O4S. The highest BCUT2D eigenvalue weighted by Gasteiger charge is 2.29. The number of fused-ring (bicyclic) bond motifs is 1. The SMILES string of the molecule is CC(C)Oc1ccc(Nc2ccnc3sc(C(=O)NC4CCCN(C(=O)OC(C)(C)C)C4)c(N)c23)cc1. The number of nitrogens with two attached hydrogens (primary N) is 1. The van der Waals surface area contributed by atoms with Crippen molar-refractivity contribution in [3.05, 3.63) is 41.4 Å². The fourth-order valence-corrected chi connectivity index (χ4v) is 5.19. The summed E-state index contributed by atoms with van der Waals surface area (Å²) >= 11 is 1.26. The molecule has 1 aliphatic rings. The lowest BCUT2D eigenvalue weighted by Crippen LogP contribution is -2.50. The summed E-state index contributed by atoms with van der Waals surface area (Å²) in [7, 11) is 0. The third kappa shape index (κ3) is 6.62. The van der Waals surface area contributed by atoms with Gasteiger partial charge in [-0.25, -0.2) is 9.78 Å². The first-order chi connectivity index (χ1) is 17.5. The molecule has 10 heteroatoms. The first-order valence-electron chi connectivity index (χ1n) is 12.5.